The van der Waals surface area contributed by atoms with Crippen LogP contribution in [0.15, 0.2) is 54.6 Å². The van der Waals surface area contributed by atoms with Gasteiger partial charge in [0.25, 0.3) is 5.24 Å². The Kier molecular flexibility index (Phi) is 5.17. The van der Waals surface area contributed by atoms with Crippen molar-refractivity contribution in [3.63, 3.8) is 0 Å². The van der Waals surface area contributed by atoms with Crippen molar-refractivity contribution in [1.29, 1.82) is 0 Å². The minimum Gasteiger partial charge on any atom is -0.491 e. The molecule has 2 N–H and O–H groups in total. The molecule has 2 atom stereocenters. The molecule has 0 aromatic heterocycles. The normalized spacial score (nSPS) is 18.3. The number of hydrogen-bond acceptors (Lipinski definition) is 5. The zero-order valence-corrected chi connectivity index (χ0v) is 13.7. The number of thioether (sulfide) groups is 1. The van der Waals surface area contributed by atoms with Gasteiger partial charge in [-0.25, -0.2) is 0 Å². The zero-order valence-electron chi connectivity index (χ0n) is 12.8. The molecule has 1 heterocycles. The Labute approximate surface area is 144 Å². The molecule has 2 aromatic rings. The van der Waals surface area contributed by atoms with E-state index < -0.39 is 6.10 Å². The van der Waals surface area contributed by atoms with Gasteiger partial charge in [-0.3, -0.25) is 14.9 Å². The number of nitrogens with one attached hydrogen (secondary N) is 1. The van der Waals surface area contributed by atoms with Crippen LogP contribution in [-0.4, -0.2) is 28.1 Å². The Bertz CT molecular complexity index is 718. The molecule has 24 heavy (non-hydrogen) atoms. The highest BCUT2D eigenvalue weighted by molar-refractivity contribution is 8.15. The lowest BCUT2D eigenvalue weighted by atomic mass is 10.1. The molecule has 3 rings (SSSR count). The molecule has 6 heteroatoms. The maximum absolute atomic E-state index is 11.6. The molecule has 1 unspecified atom stereocenters. The van der Waals surface area contributed by atoms with E-state index in [9.17, 15) is 14.7 Å². The molecule has 0 aliphatic carbocycles. The molecular weight excluding hydrogens is 326 g/mol. The van der Waals surface area contributed by atoms with Crippen LogP contribution in [0.4, 0.5) is 4.79 Å². The Morgan fingerprint density at radius 2 is 1.79 bits per heavy atom. The third kappa shape index (κ3) is 4.15. The molecule has 0 radical (unpaired) electrons. The summed E-state index contributed by atoms with van der Waals surface area (Å²) >= 11 is 1.02. The highest BCUT2D eigenvalue weighted by atomic mass is 32.2. The minimum absolute atomic E-state index is 0.165. The van der Waals surface area contributed by atoms with E-state index in [1.807, 2.05) is 42.5 Å². The van der Waals surface area contributed by atoms with Crippen molar-refractivity contribution in [2.75, 3.05) is 6.61 Å². The monoisotopic (exact) mass is 343 g/mol. The summed E-state index contributed by atoms with van der Waals surface area (Å²) in [6.45, 7) is 0.165. The number of carbonyl (C=O) groups excluding carboxylic acids is 2. The van der Waals surface area contributed by atoms with Crippen molar-refractivity contribution < 1.29 is 19.4 Å². The SMILES string of the molecule is O=C1NC(=O)C(Cc2ccc(OC[C@H](O)c3ccccc3)cc2)S1. The number of hydrogen-bond donors (Lipinski definition) is 2. The predicted octanol–water partition coefficient (Wildman–Crippen LogP) is 2.69. The van der Waals surface area contributed by atoms with Gasteiger partial charge in [-0.05, 0) is 29.7 Å². The van der Waals surface area contributed by atoms with E-state index in [4.69, 9.17) is 4.74 Å². The first-order valence-corrected chi connectivity index (χ1v) is 8.46. The van der Waals surface area contributed by atoms with Crippen molar-refractivity contribution >= 4 is 22.9 Å². The molecule has 2 amide bonds. The van der Waals surface area contributed by atoms with E-state index in [1.54, 1.807) is 12.1 Å². The van der Waals surface area contributed by atoms with Crippen LogP contribution in [0.3, 0.4) is 0 Å². The average Bonchev–Trinajstić information content (AvgIpc) is 2.92. The molecular formula is C18H17NO4S. The second kappa shape index (κ2) is 7.51. The van der Waals surface area contributed by atoms with Gasteiger partial charge in [0.15, 0.2) is 0 Å². The molecule has 0 bridgehead atoms. The quantitative estimate of drug-likeness (QED) is 0.843. The van der Waals surface area contributed by atoms with E-state index in [1.165, 1.54) is 0 Å². The number of benzene rings is 2. The Morgan fingerprint density at radius 1 is 1.08 bits per heavy atom. The molecule has 1 fully saturated rings. The van der Waals surface area contributed by atoms with Crippen molar-refractivity contribution in [2.45, 2.75) is 17.8 Å². The van der Waals surface area contributed by atoms with Crippen molar-refractivity contribution in [1.82, 2.24) is 5.32 Å². The van der Waals surface area contributed by atoms with E-state index in [-0.39, 0.29) is 23.0 Å². The second-order valence-corrected chi connectivity index (χ2v) is 6.64. The molecule has 1 aliphatic heterocycles. The molecule has 1 saturated heterocycles. The number of aliphatic hydroxyl groups is 1. The summed E-state index contributed by atoms with van der Waals surface area (Å²) < 4.78 is 5.60. The fraction of sp³-hybridized carbons (Fsp3) is 0.222. The summed E-state index contributed by atoms with van der Waals surface area (Å²) in [6.07, 6.45) is -0.190. The first-order chi connectivity index (χ1) is 11.6. The highest BCUT2D eigenvalue weighted by Crippen LogP contribution is 2.24. The Balaban J connectivity index is 1.53. The first-order valence-electron chi connectivity index (χ1n) is 7.58. The fourth-order valence-electron chi connectivity index (χ4n) is 2.41. The Hall–Kier alpha value is -2.31. The van der Waals surface area contributed by atoms with Crippen LogP contribution in [0.1, 0.15) is 17.2 Å². The molecule has 0 saturated carbocycles. The van der Waals surface area contributed by atoms with E-state index in [0.29, 0.717) is 12.2 Å². The number of imide groups is 1. The van der Waals surface area contributed by atoms with Gasteiger partial charge in [-0.2, -0.15) is 0 Å². The van der Waals surface area contributed by atoms with E-state index >= 15 is 0 Å². The van der Waals surface area contributed by atoms with Crippen LogP contribution in [0.2, 0.25) is 0 Å². The summed E-state index contributed by atoms with van der Waals surface area (Å²) in [4.78, 5) is 22.7. The number of amides is 2. The maximum atomic E-state index is 11.6. The van der Waals surface area contributed by atoms with Crippen LogP contribution < -0.4 is 10.1 Å². The summed E-state index contributed by atoms with van der Waals surface area (Å²) in [5, 5.41) is 11.7. The van der Waals surface area contributed by atoms with Crippen molar-refractivity contribution in [3.8, 4) is 5.75 Å². The minimum atomic E-state index is -0.685. The van der Waals surface area contributed by atoms with Crippen molar-refractivity contribution in [2.24, 2.45) is 0 Å². The standard InChI is InChI=1S/C18H17NO4S/c20-15(13-4-2-1-3-5-13)11-23-14-8-6-12(7-9-14)10-16-17(21)19-18(22)24-16/h1-9,15-16,20H,10-11H2,(H,19,21,22)/t15-,16?/m0/s1. The van der Waals surface area contributed by atoms with Gasteiger partial charge in [0.05, 0.1) is 5.25 Å². The maximum Gasteiger partial charge on any atom is 0.286 e. The van der Waals surface area contributed by atoms with E-state index in [0.717, 1.165) is 22.9 Å². The van der Waals surface area contributed by atoms with Gasteiger partial charge < -0.3 is 9.84 Å². The van der Waals surface area contributed by atoms with Crippen LogP contribution in [-0.2, 0) is 11.2 Å². The van der Waals surface area contributed by atoms with Gasteiger partial charge in [-0.15, -0.1) is 0 Å². The molecule has 124 valence electrons. The largest absolute Gasteiger partial charge is 0.491 e. The first kappa shape index (κ1) is 16.5. The summed E-state index contributed by atoms with van der Waals surface area (Å²) in [7, 11) is 0. The number of aliphatic hydroxyl groups excluding tert-OH is 1. The van der Waals surface area contributed by atoms with Crippen LogP contribution >= 0.6 is 11.8 Å². The van der Waals surface area contributed by atoms with Crippen molar-refractivity contribution in [3.05, 3.63) is 65.7 Å². The van der Waals surface area contributed by atoms with E-state index in [2.05, 4.69) is 5.32 Å². The lowest BCUT2D eigenvalue weighted by molar-refractivity contribution is -0.118. The lowest BCUT2D eigenvalue weighted by Gasteiger charge is -2.13. The smallest absolute Gasteiger partial charge is 0.286 e. The number of ether oxygens (including phenoxy) is 1. The number of rotatable bonds is 6. The van der Waals surface area contributed by atoms with Gasteiger partial charge in [0.2, 0.25) is 5.91 Å². The predicted molar refractivity (Wildman–Crippen MR) is 92.0 cm³/mol. The zero-order chi connectivity index (χ0) is 16.9. The van der Waals surface area contributed by atoms with Gasteiger partial charge in [0, 0.05) is 0 Å². The molecule has 5 nitrogen and oxygen atoms in total. The summed E-state index contributed by atoms with van der Waals surface area (Å²) in [5.41, 5.74) is 1.76. The Morgan fingerprint density at radius 3 is 2.42 bits per heavy atom. The van der Waals surface area contributed by atoms with Crippen LogP contribution in [0, 0.1) is 0 Å². The highest BCUT2D eigenvalue weighted by Gasteiger charge is 2.31. The molecule has 1 aliphatic rings. The van der Waals surface area contributed by atoms with Gasteiger partial charge in [0.1, 0.15) is 18.5 Å². The number of carbonyl (C=O) groups is 2. The van der Waals surface area contributed by atoms with Crippen LogP contribution in [0.25, 0.3) is 0 Å². The average molecular weight is 343 g/mol. The third-order valence-corrected chi connectivity index (χ3v) is 4.69. The fourth-order valence-corrected chi connectivity index (χ4v) is 3.27. The lowest BCUT2D eigenvalue weighted by Crippen LogP contribution is -2.25. The molecule has 0 spiro atoms. The van der Waals surface area contributed by atoms with Gasteiger partial charge in [-0.1, -0.05) is 54.2 Å². The summed E-state index contributed by atoms with van der Waals surface area (Å²) in [5.74, 6) is 0.407. The van der Waals surface area contributed by atoms with Crippen LogP contribution in [0.5, 0.6) is 5.75 Å². The van der Waals surface area contributed by atoms with Gasteiger partial charge >= 0.3 is 0 Å². The third-order valence-electron chi connectivity index (χ3n) is 3.70. The summed E-state index contributed by atoms with van der Waals surface area (Å²) in [6, 6.07) is 16.7. The second-order valence-electron chi connectivity index (χ2n) is 5.47. The topological polar surface area (TPSA) is 75.6 Å². The molecule has 2 aromatic carbocycles.